The zero-order valence-electron chi connectivity index (χ0n) is 12.6. The van der Waals surface area contributed by atoms with Gasteiger partial charge in [0.25, 0.3) is 0 Å². The highest BCUT2D eigenvalue weighted by Crippen LogP contribution is 2.15. The minimum Gasteiger partial charge on any atom is -0.507 e. The summed E-state index contributed by atoms with van der Waals surface area (Å²) < 4.78 is 0. The zero-order valence-corrected chi connectivity index (χ0v) is 12.6. The number of aliphatic imine (C=N–C) groups is 2. The number of nitrogens with zero attached hydrogens (tertiary/aromatic N) is 2. The van der Waals surface area contributed by atoms with E-state index in [1.807, 2.05) is 12.1 Å². The lowest BCUT2D eigenvalue weighted by Gasteiger charge is -2.06. The molecule has 0 unspecified atom stereocenters. The van der Waals surface area contributed by atoms with Gasteiger partial charge in [0, 0.05) is 23.6 Å². The summed E-state index contributed by atoms with van der Waals surface area (Å²) in [5.41, 5.74) is 1.34. The van der Waals surface area contributed by atoms with E-state index in [0.29, 0.717) is 11.1 Å². The van der Waals surface area contributed by atoms with E-state index in [2.05, 4.69) is 16.9 Å². The summed E-state index contributed by atoms with van der Waals surface area (Å²) in [5, 5.41) is 19.5. The standard InChI is InChI=1S/C18H20N2O2/c1-2-7-18(19-12-14-8-3-5-10-16(14)21)20-13-15-9-4-6-11-17(15)22/h3-6,8-13,18,21-22H,2,7H2,1H3. The van der Waals surface area contributed by atoms with Gasteiger partial charge in [-0.25, -0.2) is 0 Å². The third-order valence-electron chi connectivity index (χ3n) is 3.19. The predicted octanol–water partition coefficient (Wildman–Crippen LogP) is 3.76. The van der Waals surface area contributed by atoms with E-state index in [-0.39, 0.29) is 17.7 Å². The van der Waals surface area contributed by atoms with E-state index in [4.69, 9.17) is 0 Å². The first-order valence-electron chi connectivity index (χ1n) is 7.33. The molecule has 0 radical (unpaired) electrons. The Balaban J connectivity index is 2.13. The SMILES string of the molecule is CCCC(N=Cc1ccccc1O)N=Cc1ccccc1O. The van der Waals surface area contributed by atoms with Crippen molar-refractivity contribution >= 4 is 12.4 Å². The van der Waals surface area contributed by atoms with Gasteiger partial charge in [-0.2, -0.15) is 0 Å². The zero-order chi connectivity index (χ0) is 15.8. The van der Waals surface area contributed by atoms with Crippen LogP contribution in [0.3, 0.4) is 0 Å². The number of para-hydroxylation sites is 2. The molecule has 0 fully saturated rings. The topological polar surface area (TPSA) is 65.2 Å². The fourth-order valence-corrected chi connectivity index (χ4v) is 1.97. The first-order valence-corrected chi connectivity index (χ1v) is 7.33. The van der Waals surface area contributed by atoms with Crippen molar-refractivity contribution in [3.63, 3.8) is 0 Å². The van der Waals surface area contributed by atoms with Crippen molar-refractivity contribution in [2.24, 2.45) is 9.98 Å². The van der Waals surface area contributed by atoms with Gasteiger partial charge in [0.15, 0.2) is 0 Å². The number of hydrogen-bond donors (Lipinski definition) is 2. The summed E-state index contributed by atoms with van der Waals surface area (Å²) in [7, 11) is 0. The fraction of sp³-hybridized carbons (Fsp3) is 0.222. The molecule has 0 atom stereocenters. The molecule has 0 spiro atoms. The second-order valence-corrected chi connectivity index (χ2v) is 4.94. The lowest BCUT2D eigenvalue weighted by molar-refractivity contribution is 0.474. The van der Waals surface area contributed by atoms with Crippen LogP contribution in [0.15, 0.2) is 58.5 Å². The normalized spacial score (nSPS) is 13.0. The monoisotopic (exact) mass is 296 g/mol. The molecule has 0 saturated heterocycles. The van der Waals surface area contributed by atoms with Crippen molar-refractivity contribution < 1.29 is 10.2 Å². The van der Waals surface area contributed by atoms with Gasteiger partial charge in [-0.3, -0.25) is 9.98 Å². The summed E-state index contributed by atoms with van der Waals surface area (Å²) in [4.78, 5) is 8.85. The number of benzene rings is 2. The Morgan fingerprint density at radius 3 is 1.73 bits per heavy atom. The number of aromatic hydroxyl groups is 2. The third-order valence-corrected chi connectivity index (χ3v) is 3.19. The molecule has 0 aromatic heterocycles. The molecule has 0 aliphatic heterocycles. The highest BCUT2D eigenvalue weighted by Gasteiger charge is 2.03. The summed E-state index contributed by atoms with van der Waals surface area (Å²) in [6.45, 7) is 2.07. The maximum absolute atomic E-state index is 9.73. The lowest BCUT2D eigenvalue weighted by atomic mass is 10.2. The lowest BCUT2D eigenvalue weighted by Crippen LogP contribution is -2.02. The largest absolute Gasteiger partial charge is 0.507 e. The Morgan fingerprint density at radius 2 is 1.32 bits per heavy atom. The van der Waals surface area contributed by atoms with Crippen LogP contribution in [0.25, 0.3) is 0 Å². The first-order chi connectivity index (χ1) is 10.7. The Hall–Kier alpha value is -2.62. The van der Waals surface area contributed by atoms with E-state index in [1.54, 1.807) is 48.8 Å². The second kappa shape index (κ2) is 7.98. The summed E-state index contributed by atoms with van der Waals surface area (Å²) >= 11 is 0. The Labute approximate surface area is 130 Å². The maximum atomic E-state index is 9.73. The van der Waals surface area contributed by atoms with Crippen LogP contribution < -0.4 is 0 Å². The number of hydrogen-bond acceptors (Lipinski definition) is 4. The summed E-state index contributed by atoms with van der Waals surface area (Å²) in [5.74, 6) is 0.400. The molecule has 4 nitrogen and oxygen atoms in total. The molecule has 0 bridgehead atoms. The highest BCUT2D eigenvalue weighted by molar-refractivity contribution is 5.84. The van der Waals surface area contributed by atoms with Crippen LogP contribution in [0.5, 0.6) is 11.5 Å². The molecule has 114 valence electrons. The van der Waals surface area contributed by atoms with Gasteiger partial charge < -0.3 is 10.2 Å². The molecule has 0 aliphatic rings. The van der Waals surface area contributed by atoms with Gasteiger partial charge >= 0.3 is 0 Å². The van der Waals surface area contributed by atoms with Gasteiger partial charge in [0.05, 0.1) is 0 Å². The quantitative estimate of drug-likeness (QED) is 0.797. The van der Waals surface area contributed by atoms with E-state index in [9.17, 15) is 10.2 Å². The molecule has 0 heterocycles. The molecule has 0 amide bonds. The number of phenols is 2. The fourth-order valence-electron chi connectivity index (χ4n) is 1.97. The van der Waals surface area contributed by atoms with Crippen LogP contribution in [-0.4, -0.2) is 28.8 Å². The molecule has 0 aliphatic carbocycles. The van der Waals surface area contributed by atoms with Crippen LogP contribution in [0, 0.1) is 0 Å². The minimum absolute atomic E-state index is 0.200. The van der Waals surface area contributed by atoms with Crippen LogP contribution in [0.2, 0.25) is 0 Å². The maximum Gasteiger partial charge on any atom is 0.139 e. The predicted molar refractivity (Wildman–Crippen MR) is 90.1 cm³/mol. The molecule has 2 N–H and O–H groups in total. The van der Waals surface area contributed by atoms with Crippen molar-refractivity contribution in [1.29, 1.82) is 0 Å². The van der Waals surface area contributed by atoms with Gasteiger partial charge in [-0.1, -0.05) is 37.6 Å². The van der Waals surface area contributed by atoms with E-state index >= 15 is 0 Å². The molecule has 2 aromatic carbocycles. The second-order valence-electron chi connectivity index (χ2n) is 4.94. The van der Waals surface area contributed by atoms with Gasteiger partial charge in [0.2, 0.25) is 0 Å². The average molecular weight is 296 g/mol. The Morgan fingerprint density at radius 1 is 0.864 bits per heavy atom. The summed E-state index contributed by atoms with van der Waals surface area (Å²) in [6, 6.07) is 14.1. The Kier molecular flexibility index (Phi) is 5.72. The van der Waals surface area contributed by atoms with E-state index in [0.717, 1.165) is 12.8 Å². The third kappa shape index (κ3) is 4.45. The van der Waals surface area contributed by atoms with Crippen molar-refractivity contribution in [2.45, 2.75) is 25.9 Å². The molecule has 4 heteroatoms. The molecule has 2 aromatic rings. The van der Waals surface area contributed by atoms with Gasteiger partial charge in [-0.05, 0) is 30.7 Å². The smallest absolute Gasteiger partial charge is 0.139 e. The highest BCUT2D eigenvalue weighted by atomic mass is 16.3. The van der Waals surface area contributed by atoms with Gasteiger partial charge in [-0.15, -0.1) is 0 Å². The van der Waals surface area contributed by atoms with Crippen molar-refractivity contribution in [2.75, 3.05) is 0 Å². The summed E-state index contributed by atoms with van der Waals surface area (Å²) in [6.07, 6.45) is 4.79. The van der Waals surface area contributed by atoms with Crippen LogP contribution in [0.4, 0.5) is 0 Å². The Bertz CT molecular complexity index is 610. The molecule has 2 rings (SSSR count). The first kappa shape index (κ1) is 15.8. The molecular weight excluding hydrogens is 276 g/mol. The van der Waals surface area contributed by atoms with Crippen molar-refractivity contribution in [1.82, 2.24) is 0 Å². The average Bonchev–Trinajstić information content (AvgIpc) is 2.53. The van der Waals surface area contributed by atoms with E-state index in [1.165, 1.54) is 0 Å². The number of phenolic OH excluding ortho intramolecular Hbond substituents is 2. The number of rotatable bonds is 6. The minimum atomic E-state index is -0.232. The van der Waals surface area contributed by atoms with Crippen LogP contribution >= 0.6 is 0 Å². The molecule has 22 heavy (non-hydrogen) atoms. The van der Waals surface area contributed by atoms with Crippen molar-refractivity contribution in [3.05, 3.63) is 59.7 Å². The van der Waals surface area contributed by atoms with Gasteiger partial charge in [0.1, 0.15) is 17.7 Å². The van der Waals surface area contributed by atoms with E-state index < -0.39 is 0 Å². The van der Waals surface area contributed by atoms with Crippen molar-refractivity contribution in [3.8, 4) is 11.5 Å². The van der Waals surface area contributed by atoms with Crippen LogP contribution in [0.1, 0.15) is 30.9 Å². The molecular formula is C18H20N2O2. The molecule has 0 saturated carbocycles. The van der Waals surface area contributed by atoms with Crippen LogP contribution in [-0.2, 0) is 0 Å².